The van der Waals surface area contributed by atoms with Gasteiger partial charge in [-0.2, -0.15) is 0 Å². The van der Waals surface area contributed by atoms with E-state index < -0.39 is 0 Å². The minimum absolute atomic E-state index is 1.19. The maximum atomic E-state index is 2.00. The number of hydrogen-bond donors (Lipinski definition) is 0. The molecule has 0 heteroatoms. The summed E-state index contributed by atoms with van der Waals surface area (Å²) >= 11 is 0. The molecule has 0 saturated heterocycles. The van der Waals surface area contributed by atoms with Gasteiger partial charge < -0.3 is 0 Å². The average molecular weight is 279 g/mol. The summed E-state index contributed by atoms with van der Waals surface area (Å²) in [6, 6.07) is 0. The molecule has 7 aliphatic rings. The summed E-state index contributed by atoms with van der Waals surface area (Å²) in [6.07, 6.45) is 9.93. The predicted molar refractivity (Wildman–Crippen MR) is 89.7 cm³/mol. The highest BCUT2D eigenvalue weighted by Crippen LogP contribution is 2.71. The van der Waals surface area contributed by atoms with Crippen LogP contribution in [0, 0.1) is 47.3 Å². The van der Waals surface area contributed by atoms with Gasteiger partial charge in [0.15, 0.2) is 0 Å². The van der Waals surface area contributed by atoms with E-state index in [0.29, 0.717) is 0 Å². The molecule has 0 atom stereocenters. The largest absolute Gasteiger partial charge is 0.0683 e. The molecular weight excluding hydrogens is 240 g/mol. The van der Waals surface area contributed by atoms with Crippen molar-refractivity contribution in [1.82, 2.24) is 0 Å². The van der Waals surface area contributed by atoms with Crippen LogP contribution in [0.5, 0.6) is 0 Å². The molecule has 118 valence electrons. The van der Waals surface area contributed by atoms with Crippen LogP contribution >= 0.6 is 0 Å². The SMILES string of the molecule is C1C2CC3C4CC5CC(C14)C(C2)C3C5.CC.CC.CC. The summed E-state index contributed by atoms with van der Waals surface area (Å²) in [5.74, 6) is 9.74. The van der Waals surface area contributed by atoms with Crippen molar-refractivity contribution in [1.29, 1.82) is 0 Å². The molecule has 0 unspecified atom stereocenters. The van der Waals surface area contributed by atoms with Gasteiger partial charge in [0.25, 0.3) is 0 Å². The van der Waals surface area contributed by atoms with E-state index in [-0.39, 0.29) is 0 Å². The first kappa shape index (κ1) is 16.4. The van der Waals surface area contributed by atoms with Crippen LogP contribution in [-0.4, -0.2) is 0 Å². The van der Waals surface area contributed by atoms with Gasteiger partial charge in [-0.3, -0.25) is 0 Å². The molecule has 0 spiro atoms. The molecular formula is C20H38. The second kappa shape index (κ2) is 6.84. The molecule has 0 aromatic heterocycles. The lowest BCUT2D eigenvalue weighted by Gasteiger charge is -2.69. The topological polar surface area (TPSA) is 0 Å². The fourth-order valence-corrected chi connectivity index (χ4v) is 6.89. The second-order valence-electron chi connectivity index (χ2n) is 7.13. The summed E-state index contributed by atoms with van der Waals surface area (Å²) in [7, 11) is 0. The molecule has 0 N–H and O–H groups in total. The molecule has 0 aromatic carbocycles. The Morgan fingerprint density at radius 3 is 0.650 bits per heavy atom. The van der Waals surface area contributed by atoms with Crippen molar-refractivity contribution in [3.63, 3.8) is 0 Å². The molecule has 0 nitrogen and oxygen atoms in total. The van der Waals surface area contributed by atoms with Gasteiger partial charge in [0.1, 0.15) is 0 Å². The Morgan fingerprint density at radius 2 is 0.500 bits per heavy atom. The van der Waals surface area contributed by atoms with Crippen molar-refractivity contribution in [3.8, 4) is 0 Å². The summed E-state index contributed by atoms with van der Waals surface area (Å²) in [5.41, 5.74) is 0. The van der Waals surface area contributed by atoms with Gasteiger partial charge in [-0.15, -0.1) is 0 Å². The lowest BCUT2D eigenvalue weighted by Crippen LogP contribution is -2.62. The smallest absolute Gasteiger partial charge is 0.0349 e. The summed E-state index contributed by atoms with van der Waals surface area (Å²) in [6.45, 7) is 12.0. The quantitative estimate of drug-likeness (QED) is 0.480. The van der Waals surface area contributed by atoms with Crippen LogP contribution in [0.3, 0.4) is 0 Å². The van der Waals surface area contributed by atoms with Crippen molar-refractivity contribution in [3.05, 3.63) is 0 Å². The van der Waals surface area contributed by atoms with E-state index >= 15 is 0 Å². The molecule has 7 saturated carbocycles. The zero-order valence-corrected chi connectivity index (χ0v) is 14.9. The standard InChI is InChI=1S/C14H20.3C2H6/c1-7-2-12-10-4-8-5-11(9(1)10)13(3-7)14(12)6-8;3*1-2/h7-14H,1-6H2;3*1-2H3. The zero-order chi connectivity index (χ0) is 14.9. The van der Waals surface area contributed by atoms with Gasteiger partial charge in [0, 0.05) is 0 Å². The van der Waals surface area contributed by atoms with Crippen molar-refractivity contribution in [2.24, 2.45) is 47.3 Å². The van der Waals surface area contributed by atoms with Crippen molar-refractivity contribution >= 4 is 0 Å². The van der Waals surface area contributed by atoms with E-state index in [1.165, 1.54) is 47.3 Å². The monoisotopic (exact) mass is 278 g/mol. The lowest BCUT2D eigenvalue weighted by atomic mass is 9.36. The van der Waals surface area contributed by atoms with Crippen LogP contribution in [0.15, 0.2) is 0 Å². The third kappa shape index (κ3) is 2.26. The average Bonchev–Trinajstić information content (AvgIpc) is 2.57. The van der Waals surface area contributed by atoms with Crippen LogP contribution in [0.25, 0.3) is 0 Å². The first-order valence-electron chi connectivity index (χ1n) is 9.90. The van der Waals surface area contributed by atoms with E-state index in [4.69, 9.17) is 0 Å². The molecule has 7 fully saturated rings. The van der Waals surface area contributed by atoms with Gasteiger partial charge in [-0.1, -0.05) is 41.5 Å². The van der Waals surface area contributed by atoms with E-state index in [1.54, 1.807) is 38.5 Å². The molecule has 0 radical (unpaired) electrons. The fourth-order valence-electron chi connectivity index (χ4n) is 6.89. The van der Waals surface area contributed by atoms with Crippen LogP contribution < -0.4 is 0 Å². The molecule has 0 amide bonds. The highest BCUT2D eigenvalue weighted by molar-refractivity contribution is 5.12. The normalized spacial score (nSPS) is 51.3. The molecule has 7 rings (SSSR count). The zero-order valence-electron chi connectivity index (χ0n) is 14.9. The van der Waals surface area contributed by atoms with Gasteiger partial charge >= 0.3 is 0 Å². The number of hydrogen-bond acceptors (Lipinski definition) is 0. The fraction of sp³-hybridized carbons (Fsp3) is 1.00. The molecule has 7 aliphatic carbocycles. The molecule has 0 aliphatic heterocycles. The third-order valence-corrected chi connectivity index (χ3v) is 6.93. The van der Waals surface area contributed by atoms with E-state index in [9.17, 15) is 0 Å². The Bertz CT molecular complexity index is 205. The van der Waals surface area contributed by atoms with Crippen LogP contribution in [0.1, 0.15) is 80.1 Å². The molecule has 20 heavy (non-hydrogen) atoms. The van der Waals surface area contributed by atoms with Gasteiger partial charge in [0.05, 0.1) is 0 Å². The lowest BCUT2D eigenvalue weighted by molar-refractivity contribution is -0.202. The van der Waals surface area contributed by atoms with Gasteiger partial charge in [0.2, 0.25) is 0 Å². The maximum Gasteiger partial charge on any atom is -0.0349 e. The van der Waals surface area contributed by atoms with E-state index in [0.717, 1.165) is 0 Å². The Morgan fingerprint density at radius 1 is 0.350 bits per heavy atom. The first-order valence-corrected chi connectivity index (χ1v) is 9.90. The minimum Gasteiger partial charge on any atom is -0.0683 e. The minimum atomic E-state index is 1.19. The Balaban J connectivity index is 0.000000222. The maximum absolute atomic E-state index is 2.00. The first-order chi connectivity index (χ1) is 9.90. The summed E-state index contributed by atoms with van der Waals surface area (Å²) in [4.78, 5) is 0. The second-order valence-corrected chi connectivity index (χ2v) is 7.13. The summed E-state index contributed by atoms with van der Waals surface area (Å²) < 4.78 is 0. The van der Waals surface area contributed by atoms with Gasteiger partial charge in [-0.05, 0) is 85.9 Å². The molecule has 0 aromatic rings. The predicted octanol–water partition coefficient (Wildman–Crippen LogP) is 6.40. The molecule has 0 heterocycles. The van der Waals surface area contributed by atoms with E-state index in [1.807, 2.05) is 41.5 Å². The van der Waals surface area contributed by atoms with Gasteiger partial charge in [-0.25, -0.2) is 0 Å². The molecule has 8 bridgehead atoms. The Kier molecular flexibility index (Phi) is 5.60. The van der Waals surface area contributed by atoms with Crippen LogP contribution in [0.2, 0.25) is 0 Å². The highest BCUT2D eigenvalue weighted by Gasteiger charge is 2.63. The van der Waals surface area contributed by atoms with Crippen molar-refractivity contribution in [2.45, 2.75) is 80.1 Å². The number of rotatable bonds is 0. The third-order valence-electron chi connectivity index (χ3n) is 6.93. The highest BCUT2D eigenvalue weighted by atomic mass is 14.7. The van der Waals surface area contributed by atoms with Crippen LogP contribution in [0.4, 0.5) is 0 Å². The van der Waals surface area contributed by atoms with Crippen molar-refractivity contribution < 1.29 is 0 Å². The van der Waals surface area contributed by atoms with E-state index in [2.05, 4.69) is 0 Å². The Hall–Kier alpha value is 0. The van der Waals surface area contributed by atoms with Crippen LogP contribution in [-0.2, 0) is 0 Å². The summed E-state index contributed by atoms with van der Waals surface area (Å²) in [5, 5.41) is 0. The Labute approximate surface area is 128 Å². The van der Waals surface area contributed by atoms with Crippen molar-refractivity contribution in [2.75, 3.05) is 0 Å².